The SMILES string of the molecule is COC(=O)C1CCCC2NCCCC21. The third kappa shape index (κ3) is 1.78. The average Bonchev–Trinajstić information content (AvgIpc) is 2.27. The molecule has 0 radical (unpaired) electrons. The number of piperidine rings is 1. The molecule has 1 aliphatic carbocycles. The van der Waals surface area contributed by atoms with Crippen LogP contribution in [0.1, 0.15) is 32.1 Å². The van der Waals surface area contributed by atoms with Gasteiger partial charge in [-0.1, -0.05) is 6.42 Å². The first kappa shape index (κ1) is 9.97. The van der Waals surface area contributed by atoms with Gasteiger partial charge in [0.1, 0.15) is 0 Å². The minimum absolute atomic E-state index is 0.00315. The molecular weight excluding hydrogens is 178 g/mol. The van der Waals surface area contributed by atoms with Gasteiger partial charge in [-0.3, -0.25) is 4.79 Å². The molecule has 3 heteroatoms. The van der Waals surface area contributed by atoms with E-state index in [0.717, 1.165) is 19.4 Å². The molecule has 0 spiro atoms. The van der Waals surface area contributed by atoms with Crippen LogP contribution in [-0.2, 0) is 9.53 Å². The fourth-order valence-corrected chi connectivity index (χ4v) is 2.99. The van der Waals surface area contributed by atoms with Gasteiger partial charge in [0, 0.05) is 6.04 Å². The monoisotopic (exact) mass is 197 g/mol. The topological polar surface area (TPSA) is 38.3 Å². The molecule has 0 bridgehead atoms. The van der Waals surface area contributed by atoms with Gasteiger partial charge in [0.15, 0.2) is 0 Å². The van der Waals surface area contributed by atoms with Gasteiger partial charge < -0.3 is 10.1 Å². The maximum absolute atomic E-state index is 11.6. The molecule has 1 aliphatic heterocycles. The Bertz CT molecular complexity index is 215. The van der Waals surface area contributed by atoms with Crippen molar-refractivity contribution in [2.24, 2.45) is 11.8 Å². The second-order valence-electron chi connectivity index (χ2n) is 4.43. The Hall–Kier alpha value is -0.570. The average molecular weight is 197 g/mol. The molecular formula is C11H19NO2. The molecule has 1 saturated carbocycles. The summed E-state index contributed by atoms with van der Waals surface area (Å²) in [6, 6.07) is 0.571. The van der Waals surface area contributed by atoms with E-state index in [1.807, 2.05) is 0 Å². The van der Waals surface area contributed by atoms with Gasteiger partial charge in [-0.2, -0.15) is 0 Å². The van der Waals surface area contributed by atoms with Crippen molar-refractivity contribution in [1.82, 2.24) is 5.32 Å². The van der Waals surface area contributed by atoms with Gasteiger partial charge in [-0.25, -0.2) is 0 Å². The lowest BCUT2D eigenvalue weighted by Crippen LogP contribution is -2.48. The zero-order valence-electron chi connectivity index (χ0n) is 8.79. The number of methoxy groups -OCH3 is 1. The second kappa shape index (κ2) is 4.30. The van der Waals surface area contributed by atoms with Crippen LogP contribution in [0.5, 0.6) is 0 Å². The van der Waals surface area contributed by atoms with E-state index in [-0.39, 0.29) is 11.9 Å². The summed E-state index contributed by atoms with van der Waals surface area (Å²) in [6.45, 7) is 1.12. The highest BCUT2D eigenvalue weighted by molar-refractivity contribution is 5.72. The predicted octanol–water partition coefficient (Wildman–Crippen LogP) is 1.33. The summed E-state index contributed by atoms with van der Waals surface area (Å²) in [6.07, 6.45) is 5.81. The lowest BCUT2D eigenvalue weighted by molar-refractivity contribution is -0.149. The fourth-order valence-electron chi connectivity index (χ4n) is 2.99. The quantitative estimate of drug-likeness (QED) is 0.644. The highest BCUT2D eigenvalue weighted by atomic mass is 16.5. The third-order valence-electron chi connectivity index (χ3n) is 3.69. The summed E-state index contributed by atoms with van der Waals surface area (Å²) in [5, 5.41) is 3.52. The minimum Gasteiger partial charge on any atom is -0.469 e. The molecule has 80 valence electrons. The number of ether oxygens (including phenoxy) is 1. The first-order valence-electron chi connectivity index (χ1n) is 5.64. The van der Waals surface area contributed by atoms with Crippen molar-refractivity contribution in [3.8, 4) is 0 Å². The Kier molecular flexibility index (Phi) is 3.06. The van der Waals surface area contributed by atoms with Crippen LogP contribution in [0.3, 0.4) is 0 Å². The molecule has 2 rings (SSSR count). The first-order chi connectivity index (χ1) is 6.83. The zero-order valence-corrected chi connectivity index (χ0v) is 8.79. The number of hydrogen-bond acceptors (Lipinski definition) is 3. The Morgan fingerprint density at radius 2 is 2.14 bits per heavy atom. The molecule has 3 atom stereocenters. The van der Waals surface area contributed by atoms with Gasteiger partial charge >= 0.3 is 5.97 Å². The first-order valence-corrected chi connectivity index (χ1v) is 5.64. The lowest BCUT2D eigenvalue weighted by Gasteiger charge is -2.40. The summed E-state index contributed by atoms with van der Waals surface area (Å²) in [5.41, 5.74) is 0. The van der Waals surface area contributed by atoms with Gasteiger partial charge in [-0.15, -0.1) is 0 Å². The van der Waals surface area contributed by atoms with Crippen LogP contribution in [0.4, 0.5) is 0 Å². The van der Waals surface area contributed by atoms with Crippen LogP contribution in [0.2, 0.25) is 0 Å². The van der Waals surface area contributed by atoms with Crippen molar-refractivity contribution in [3.05, 3.63) is 0 Å². The van der Waals surface area contributed by atoms with E-state index in [0.29, 0.717) is 12.0 Å². The van der Waals surface area contributed by atoms with Gasteiger partial charge in [-0.05, 0) is 38.1 Å². The summed E-state index contributed by atoms with van der Waals surface area (Å²) >= 11 is 0. The van der Waals surface area contributed by atoms with Crippen LogP contribution in [0, 0.1) is 11.8 Å². The van der Waals surface area contributed by atoms with Crippen LogP contribution in [0.15, 0.2) is 0 Å². The molecule has 2 fully saturated rings. The molecule has 0 aromatic heterocycles. The van der Waals surface area contributed by atoms with E-state index in [2.05, 4.69) is 5.32 Å². The van der Waals surface area contributed by atoms with Crippen LogP contribution in [-0.4, -0.2) is 25.7 Å². The zero-order chi connectivity index (χ0) is 9.97. The normalized spacial score (nSPS) is 37.4. The molecule has 0 amide bonds. The predicted molar refractivity (Wildman–Crippen MR) is 53.9 cm³/mol. The van der Waals surface area contributed by atoms with Crippen LogP contribution < -0.4 is 5.32 Å². The number of nitrogens with one attached hydrogen (secondary N) is 1. The van der Waals surface area contributed by atoms with Crippen molar-refractivity contribution in [3.63, 3.8) is 0 Å². The number of rotatable bonds is 1. The van der Waals surface area contributed by atoms with Crippen molar-refractivity contribution in [1.29, 1.82) is 0 Å². The van der Waals surface area contributed by atoms with Gasteiger partial charge in [0.25, 0.3) is 0 Å². The lowest BCUT2D eigenvalue weighted by atomic mass is 9.72. The molecule has 3 nitrogen and oxygen atoms in total. The second-order valence-corrected chi connectivity index (χ2v) is 4.43. The van der Waals surface area contributed by atoms with E-state index in [4.69, 9.17) is 4.74 Å². The van der Waals surface area contributed by atoms with E-state index in [1.54, 1.807) is 0 Å². The Morgan fingerprint density at radius 3 is 2.93 bits per heavy atom. The smallest absolute Gasteiger partial charge is 0.308 e. The number of esters is 1. The highest BCUT2D eigenvalue weighted by Gasteiger charge is 2.38. The summed E-state index contributed by atoms with van der Waals surface area (Å²) in [4.78, 5) is 11.6. The maximum atomic E-state index is 11.6. The van der Waals surface area contributed by atoms with E-state index in [1.165, 1.54) is 26.4 Å². The summed E-state index contributed by atoms with van der Waals surface area (Å²) in [5.74, 6) is 0.694. The van der Waals surface area contributed by atoms with Crippen molar-refractivity contribution in [2.75, 3.05) is 13.7 Å². The Labute approximate surface area is 85.2 Å². The summed E-state index contributed by atoms with van der Waals surface area (Å²) < 4.78 is 4.87. The van der Waals surface area contributed by atoms with Crippen molar-refractivity contribution in [2.45, 2.75) is 38.1 Å². The minimum atomic E-state index is 0.00315. The fraction of sp³-hybridized carbons (Fsp3) is 0.909. The van der Waals surface area contributed by atoms with E-state index in [9.17, 15) is 4.79 Å². The molecule has 0 aromatic carbocycles. The number of carbonyl (C=O) groups is 1. The molecule has 1 saturated heterocycles. The number of hydrogen-bond donors (Lipinski definition) is 1. The van der Waals surface area contributed by atoms with Gasteiger partial charge in [0.05, 0.1) is 13.0 Å². The molecule has 1 N–H and O–H groups in total. The highest BCUT2D eigenvalue weighted by Crippen LogP contribution is 2.36. The van der Waals surface area contributed by atoms with E-state index >= 15 is 0 Å². The molecule has 2 aliphatic rings. The third-order valence-corrected chi connectivity index (χ3v) is 3.69. The Morgan fingerprint density at radius 1 is 1.29 bits per heavy atom. The summed E-state index contributed by atoms with van der Waals surface area (Å²) in [7, 11) is 1.50. The van der Waals surface area contributed by atoms with Crippen LogP contribution >= 0.6 is 0 Å². The van der Waals surface area contributed by atoms with Crippen molar-refractivity contribution >= 4 is 5.97 Å². The molecule has 14 heavy (non-hydrogen) atoms. The standard InChI is InChI=1S/C11H19NO2/c1-14-11(13)9-4-2-6-10-8(9)5-3-7-12-10/h8-10,12H,2-7H2,1H3. The molecule has 3 unspecified atom stereocenters. The molecule has 0 aromatic rings. The van der Waals surface area contributed by atoms with Crippen molar-refractivity contribution < 1.29 is 9.53 Å². The Balaban J connectivity index is 2.04. The van der Waals surface area contributed by atoms with Crippen LogP contribution in [0.25, 0.3) is 0 Å². The number of carbonyl (C=O) groups excluding carboxylic acids is 1. The maximum Gasteiger partial charge on any atom is 0.308 e. The van der Waals surface area contributed by atoms with Gasteiger partial charge in [0.2, 0.25) is 0 Å². The number of fused-ring (bicyclic) bond motifs is 1. The van der Waals surface area contributed by atoms with E-state index < -0.39 is 0 Å². The molecule has 1 heterocycles. The largest absolute Gasteiger partial charge is 0.469 e.